The van der Waals surface area contributed by atoms with Gasteiger partial charge in [-0.1, -0.05) is 18.2 Å². The topological polar surface area (TPSA) is 42.2 Å². The molecule has 0 fully saturated rings. The molecule has 0 aliphatic carbocycles. The first-order chi connectivity index (χ1) is 11.2. The van der Waals surface area contributed by atoms with E-state index in [9.17, 15) is 0 Å². The lowest BCUT2D eigenvalue weighted by atomic mass is 10.1. The molecule has 2 aromatic heterocycles. The Hall–Kier alpha value is -2.14. The Morgan fingerprint density at radius 3 is 2.83 bits per heavy atom. The maximum atomic E-state index is 5.93. The Labute approximate surface area is 143 Å². The average Bonchev–Trinajstić information content (AvgIpc) is 2.99. The number of para-hydroxylation sites is 1. The summed E-state index contributed by atoms with van der Waals surface area (Å²) in [6.07, 6.45) is 2.70. The minimum atomic E-state index is 0.615. The number of hydrogen-bond acceptors (Lipinski definition) is 4. The van der Waals surface area contributed by atoms with Gasteiger partial charge >= 0.3 is 0 Å². The Bertz CT molecular complexity index is 842. The number of rotatable bonds is 2. The van der Waals surface area contributed by atoms with Gasteiger partial charge in [0, 0.05) is 23.6 Å². The van der Waals surface area contributed by atoms with E-state index in [4.69, 9.17) is 4.42 Å². The predicted molar refractivity (Wildman–Crippen MR) is 93.4 cm³/mol. The summed E-state index contributed by atoms with van der Waals surface area (Å²) in [7, 11) is 0. The molecule has 1 aliphatic rings. The van der Waals surface area contributed by atoms with Gasteiger partial charge in [0.15, 0.2) is 0 Å². The predicted octanol–water partition coefficient (Wildman–Crippen LogP) is 4.37. The largest absolute Gasteiger partial charge is 0.439 e. The molecular weight excluding hydrogens is 354 g/mol. The minimum Gasteiger partial charge on any atom is -0.439 e. The maximum Gasteiger partial charge on any atom is 0.245 e. The molecule has 4 nitrogen and oxygen atoms in total. The van der Waals surface area contributed by atoms with Crippen LogP contribution in [0.15, 0.2) is 51.5 Å². The highest BCUT2D eigenvalue weighted by Gasteiger charge is 2.24. The van der Waals surface area contributed by atoms with Gasteiger partial charge in [-0.2, -0.15) is 0 Å². The molecule has 5 heteroatoms. The number of hydrogen-bond donors (Lipinski definition) is 0. The van der Waals surface area contributed by atoms with E-state index in [0.29, 0.717) is 5.89 Å². The van der Waals surface area contributed by atoms with Crippen molar-refractivity contribution in [2.45, 2.75) is 19.9 Å². The molecular formula is C18H16BrN3O. The van der Waals surface area contributed by atoms with Crippen molar-refractivity contribution < 1.29 is 4.42 Å². The molecule has 0 saturated heterocycles. The number of pyridine rings is 1. The van der Waals surface area contributed by atoms with Gasteiger partial charge in [0.2, 0.25) is 5.89 Å². The monoisotopic (exact) mass is 369 g/mol. The second kappa shape index (κ2) is 5.81. The highest BCUT2D eigenvalue weighted by Crippen LogP contribution is 2.31. The lowest BCUT2D eigenvalue weighted by molar-refractivity contribution is 0.498. The third-order valence-electron chi connectivity index (χ3n) is 4.05. The standard InChI is InChI=1S/C18H16BrN3O/c1-12-6-7-14(20-10-12)18-21-15-11-22(9-8-17(15)23-18)16-5-3-2-4-13(16)19/h2-7,10H,8-9,11H2,1H3. The Balaban J connectivity index is 1.63. The van der Waals surface area contributed by atoms with Gasteiger partial charge in [-0.15, -0.1) is 0 Å². The lowest BCUT2D eigenvalue weighted by Gasteiger charge is -2.28. The van der Waals surface area contributed by atoms with Crippen LogP contribution in [0.1, 0.15) is 17.0 Å². The highest BCUT2D eigenvalue weighted by atomic mass is 79.9. The molecule has 1 aromatic carbocycles. The van der Waals surface area contributed by atoms with Gasteiger partial charge < -0.3 is 9.32 Å². The van der Waals surface area contributed by atoms with Crippen molar-refractivity contribution in [3.8, 4) is 11.6 Å². The zero-order chi connectivity index (χ0) is 15.8. The first-order valence-corrected chi connectivity index (χ1v) is 8.41. The number of oxazole rings is 1. The molecule has 0 saturated carbocycles. The van der Waals surface area contributed by atoms with E-state index in [0.717, 1.165) is 46.7 Å². The molecule has 0 radical (unpaired) electrons. The van der Waals surface area contributed by atoms with Crippen molar-refractivity contribution >= 4 is 21.6 Å². The third kappa shape index (κ3) is 2.77. The van der Waals surface area contributed by atoms with Gasteiger partial charge in [-0.3, -0.25) is 4.98 Å². The summed E-state index contributed by atoms with van der Waals surface area (Å²) < 4.78 is 7.04. The van der Waals surface area contributed by atoms with Crippen LogP contribution in [0.2, 0.25) is 0 Å². The zero-order valence-electron chi connectivity index (χ0n) is 12.8. The number of anilines is 1. The van der Waals surface area contributed by atoms with E-state index >= 15 is 0 Å². The molecule has 0 atom stereocenters. The van der Waals surface area contributed by atoms with Crippen LogP contribution < -0.4 is 4.90 Å². The fourth-order valence-electron chi connectivity index (χ4n) is 2.82. The van der Waals surface area contributed by atoms with Gasteiger partial charge in [-0.05, 0) is 46.6 Å². The van der Waals surface area contributed by atoms with Gasteiger partial charge in [0.25, 0.3) is 0 Å². The third-order valence-corrected chi connectivity index (χ3v) is 4.72. The molecule has 1 aliphatic heterocycles. The molecule has 0 unspecified atom stereocenters. The Kier molecular flexibility index (Phi) is 3.65. The average molecular weight is 370 g/mol. The van der Waals surface area contributed by atoms with Crippen LogP contribution >= 0.6 is 15.9 Å². The summed E-state index contributed by atoms with van der Waals surface area (Å²) in [6.45, 7) is 3.70. The van der Waals surface area contributed by atoms with Crippen LogP contribution in [0.25, 0.3) is 11.6 Å². The number of halogens is 1. The number of fused-ring (bicyclic) bond motifs is 1. The highest BCUT2D eigenvalue weighted by molar-refractivity contribution is 9.10. The van der Waals surface area contributed by atoms with Crippen LogP contribution in [0.4, 0.5) is 5.69 Å². The van der Waals surface area contributed by atoms with Crippen molar-refractivity contribution in [1.29, 1.82) is 0 Å². The van der Waals surface area contributed by atoms with E-state index in [2.05, 4.69) is 49.0 Å². The van der Waals surface area contributed by atoms with Crippen molar-refractivity contribution in [3.05, 3.63) is 64.1 Å². The molecule has 116 valence electrons. The maximum absolute atomic E-state index is 5.93. The first kappa shape index (κ1) is 14.5. The minimum absolute atomic E-state index is 0.615. The van der Waals surface area contributed by atoms with E-state index in [1.54, 1.807) is 0 Å². The van der Waals surface area contributed by atoms with E-state index in [-0.39, 0.29) is 0 Å². The summed E-state index contributed by atoms with van der Waals surface area (Å²) in [5, 5.41) is 0. The molecule has 0 spiro atoms. The molecule has 3 heterocycles. The number of aromatic nitrogens is 2. The van der Waals surface area contributed by atoms with Crippen molar-refractivity contribution in [2.24, 2.45) is 0 Å². The van der Waals surface area contributed by atoms with E-state index in [1.165, 1.54) is 5.69 Å². The molecule has 0 amide bonds. The Morgan fingerprint density at radius 2 is 2.04 bits per heavy atom. The summed E-state index contributed by atoms with van der Waals surface area (Å²) in [4.78, 5) is 11.4. The summed E-state index contributed by atoms with van der Waals surface area (Å²) >= 11 is 3.62. The zero-order valence-corrected chi connectivity index (χ0v) is 14.4. The number of benzene rings is 1. The van der Waals surface area contributed by atoms with Gasteiger partial charge in [0.1, 0.15) is 17.1 Å². The Morgan fingerprint density at radius 1 is 1.17 bits per heavy atom. The molecule has 4 rings (SSSR count). The quantitative estimate of drug-likeness (QED) is 0.672. The fraction of sp³-hybridized carbons (Fsp3) is 0.222. The molecule has 0 bridgehead atoms. The van der Waals surface area contributed by atoms with Crippen LogP contribution in [0, 0.1) is 6.92 Å². The van der Waals surface area contributed by atoms with Gasteiger partial charge in [-0.25, -0.2) is 4.98 Å². The molecule has 3 aromatic rings. The smallest absolute Gasteiger partial charge is 0.245 e. The van der Waals surface area contributed by atoms with Crippen molar-refractivity contribution in [2.75, 3.05) is 11.4 Å². The number of aryl methyl sites for hydroxylation is 1. The number of nitrogens with zero attached hydrogens (tertiary/aromatic N) is 3. The van der Waals surface area contributed by atoms with Crippen molar-refractivity contribution in [3.63, 3.8) is 0 Å². The van der Waals surface area contributed by atoms with Crippen molar-refractivity contribution in [1.82, 2.24) is 9.97 Å². The van der Waals surface area contributed by atoms with Crippen LogP contribution in [0.5, 0.6) is 0 Å². The lowest BCUT2D eigenvalue weighted by Crippen LogP contribution is -2.30. The fourth-order valence-corrected chi connectivity index (χ4v) is 3.35. The molecule has 0 N–H and O–H groups in total. The summed E-state index contributed by atoms with van der Waals surface area (Å²) in [5.74, 6) is 1.59. The molecule has 23 heavy (non-hydrogen) atoms. The van der Waals surface area contributed by atoms with Crippen LogP contribution in [-0.2, 0) is 13.0 Å². The summed E-state index contributed by atoms with van der Waals surface area (Å²) in [6, 6.07) is 12.3. The van der Waals surface area contributed by atoms with Gasteiger partial charge in [0.05, 0.1) is 12.2 Å². The second-order valence-corrected chi connectivity index (χ2v) is 6.59. The normalized spacial score (nSPS) is 13.9. The summed E-state index contributed by atoms with van der Waals surface area (Å²) in [5.41, 5.74) is 4.11. The SMILES string of the molecule is Cc1ccc(-c2nc3c(o2)CCN(c2ccccc2Br)C3)nc1. The second-order valence-electron chi connectivity index (χ2n) is 5.73. The van der Waals surface area contributed by atoms with E-state index < -0.39 is 0 Å². The van der Waals surface area contributed by atoms with Crippen LogP contribution in [0.3, 0.4) is 0 Å². The first-order valence-electron chi connectivity index (χ1n) is 7.62. The van der Waals surface area contributed by atoms with Crippen LogP contribution in [-0.4, -0.2) is 16.5 Å². The van der Waals surface area contributed by atoms with E-state index in [1.807, 2.05) is 31.3 Å².